The van der Waals surface area contributed by atoms with E-state index in [1.165, 1.54) is 4.90 Å². The van der Waals surface area contributed by atoms with Gasteiger partial charge in [0.2, 0.25) is 11.8 Å². The van der Waals surface area contributed by atoms with E-state index in [-0.39, 0.29) is 30.8 Å². The van der Waals surface area contributed by atoms with Crippen LogP contribution in [0.2, 0.25) is 0 Å². The number of nitrogens with one attached hydrogen (secondary N) is 2. The van der Waals surface area contributed by atoms with Gasteiger partial charge < -0.3 is 15.5 Å². The van der Waals surface area contributed by atoms with Crippen LogP contribution in [0.3, 0.4) is 0 Å². The highest BCUT2D eigenvalue weighted by atomic mass is 16.2. The Morgan fingerprint density at radius 2 is 1.71 bits per heavy atom. The van der Waals surface area contributed by atoms with Gasteiger partial charge in [-0.2, -0.15) is 0 Å². The Morgan fingerprint density at radius 1 is 1.05 bits per heavy atom. The minimum atomic E-state index is -0.367. The molecule has 0 unspecified atom stereocenters. The van der Waals surface area contributed by atoms with Crippen LogP contribution >= 0.6 is 0 Å². The predicted octanol–water partition coefficient (Wildman–Crippen LogP) is 0.401. The fourth-order valence-electron chi connectivity index (χ4n) is 1.65. The number of hydrogen-bond acceptors (Lipinski definition) is 3. The quantitative estimate of drug-likeness (QED) is 0.763. The Kier molecular flexibility index (Phi) is 6.94. The monoisotopic (exact) mass is 291 g/mol. The SMILES string of the molecule is CCCNC(=O)CNC(=O)CN(C)C(=O)c1ccccc1. The average Bonchev–Trinajstić information content (AvgIpc) is 2.50. The Morgan fingerprint density at radius 3 is 2.33 bits per heavy atom. The molecule has 114 valence electrons. The molecule has 0 aromatic heterocycles. The molecule has 1 rings (SSSR count). The van der Waals surface area contributed by atoms with Gasteiger partial charge in [0, 0.05) is 19.2 Å². The number of carbonyl (C=O) groups excluding carboxylic acids is 3. The van der Waals surface area contributed by atoms with Crippen LogP contribution in [-0.4, -0.2) is 49.3 Å². The van der Waals surface area contributed by atoms with Crippen molar-refractivity contribution in [2.24, 2.45) is 0 Å². The molecule has 0 saturated carbocycles. The lowest BCUT2D eigenvalue weighted by molar-refractivity contribution is -0.126. The second kappa shape index (κ2) is 8.73. The molecule has 1 aromatic rings. The maximum atomic E-state index is 12.0. The molecule has 1 aromatic carbocycles. The third kappa shape index (κ3) is 6.07. The maximum absolute atomic E-state index is 12.0. The van der Waals surface area contributed by atoms with Crippen LogP contribution in [0.4, 0.5) is 0 Å². The molecule has 0 aliphatic carbocycles. The molecule has 6 heteroatoms. The molecule has 0 atom stereocenters. The number of nitrogens with zero attached hydrogens (tertiary/aromatic N) is 1. The minimum Gasteiger partial charge on any atom is -0.355 e. The maximum Gasteiger partial charge on any atom is 0.254 e. The van der Waals surface area contributed by atoms with Crippen molar-refractivity contribution in [3.05, 3.63) is 35.9 Å². The molecular formula is C15H21N3O3. The lowest BCUT2D eigenvalue weighted by atomic mass is 10.2. The largest absolute Gasteiger partial charge is 0.355 e. The third-order valence-corrected chi connectivity index (χ3v) is 2.77. The summed E-state index contributed by atoms with van der Waals surface area (Å²) < 4.78 is 0. The Bertz CT molecular complexity index is 488. The fraction of sp³-hybridized carbons (Fsp3) is 0.400. The molecule has 0 fully saturated rings. The van der Waals surface area contributed by atoms with Gasteiger partial charge in [0.05, 0.1) is 13.1 Å². The van der Waals surface area contributed by atoms with Gasteiger partial charge in [0.15, 0.2) is 0 Å². The van der Waals surface area contributed by atoms with Gasteiger partial charge in [-0.05, 0) is 18.6 Å². The van der Waals surface area contributed by atoms with Crippen molar-refractivity contribution in [2.75, 3.05) is 26.7 Å². The summed E-state index contributed by atoms with van der Waals surface area (Å²) in [6.07, 6.45) is 0.841. The van der Waals surface area contributed by atoms with Gasteiger partial charge >= 0.3 is 0 Å². The molecular weight excluding hydrogens is 270 g/mol. The predicted molar refractivity (Wildman–Crippen MR) is 79.7 cm³/mol. The van der Waals surface area contributed by atoms with E-state index in [9.17, 15) is 14.4 Å². The summed E-state index contributed by atoms with van der Waals surface area (Å²) in [6, 6.07) is 8.72. The van der Waals surface area contributed by atoms with Gasteiger partial charge in [-0.1, -0.05) is 25.1 Å². The minimum absolute atomic E-state index is 0.0772. The second-order valence-corrected chi connectivity index (χ2v) is 4.65. The first-order valence-electron chi connectivity index (χ1n) is 6.88. The highest BCUT2D eigenvalue weighted by Crippen LogP contribution is 2.02. The summed E-state index contributed by atoms with van der Waals surface area (Å²) >= 11 is 0. The van der Waals surface area contributed by atoms with Crippen molar-refractivity contribution < 1.29 is 14.4 Å². The third-order valence-electron chi connectivity index (χ3n) is 2.77. The summed E-state index contributed by atoms with van der Waals surface area (Å²) in [5, 5.41) is 5.14. The van der Waals surface area contributed by atoms with Crippen molar-refractivity contribution in [1.29, 1.82) is 0 Å². The molecule has 0 radical (unpaired) electrons. The Hall–Kier alpha value is -2.37. The molecule has 2 N–H and O–H groups in total. The van der Waals surface area contributed by atoms with Crippen molar-refractivity contribution in [1.82, 2.24) is 15.5 Å². The van der Waals surface area contributed by atoms with E-state index in [0.717, 1.165) is 6.42 Å². The van der Waals surface area contributed by atoms with Gasteiger partial charge in [0.25, 0.3) is 5.91 Å². The van der Waals surface area contributed by atoms with Crippen LogP contribution in [0.15, 0.2) is 30.3 Å². The van der Waals surface area contributed by atoms with E-state index in [0.29, 0.717) is 12.1 Å². The summed E-state index contributed by atoms with van der Waals surface area (Å²) in [4.78, 5) is 36.4. The molecule has 0 aliphatic rings. The van der Waals surface area contributed by atoms with Crippen LogP contribution in [-0.2, 0) is 9.59 Å². The molecule has 0 spiro atoms. The topological polar surface area (TPSA) is 78.5 Å². The number of rotatable bonds is 7. The van der Waals surface area contributed by atoms with E-state index in [2.05, 4.69) is 10.6 Å². The molecule has 0 aliphatic heterocycles. The molecule has 21 heavy (non-hydrogen) atoms. The summed E-state index contributed by atoms with van der Waals surface area (Å²) in [5.74, 6) is -0.836. The Labute approximate surface area is 124 Å². The highest BCUT2D eigenvalue weighted by molar-refractivity contribution is 5.96. The summed E-state index contributed by atoms with van der Waals surface area (Å²) in [6.45, 7) is 2.37. The first kappa shape index (κ1) is 16.7. The van der Waals surface area contributed by atoms with Crippen molar-refractivity contribution in [3.8, 4) is 0 Å². The van der Waals surface area contributed by atoms with E-state index in [1.807, 2.05) is 13.0 Å². The standard InChI is InChI=1S/C15H21N3O3/c1-3-9-16-13(19)10-17-14(20)11-18(2)15(21)12-7-5-4-6-8-12/h4-8H,3,9-11H2,1-2H3,(H,16,19)(H,17,20). The number of likely N-dealkylation sites (N-methyl/N-ethyl adjacent to an activating group) is 1. The summed E-state index contributed by atoms with van der Waals surface area (Å²) in [7, 11) is 1.55. The average molecular weight is 291 g/mol. The van der Waals surface area contributed by atoms with Crippen LogP contribution in [0.5, 0.6) is 0 Å². The number of benzene rings is 1. The zero-order valence-electron chi connectivity index (χ0n) is 12.4. The van der Waals surface area contributed by atoms with Gasteiger partial charge in [-0.15, -0.1) is 0 Å². The molecule has 0 heterocycles. The first-order chi connectivity index (χ1) is 10.0. The van der Waals surface area contributed by atoms with E-state index < -0.39 is 0 Å². The van der Waals surface area contributed by atoms with E-state index >= 15 is 0 Å². The molecule has 6 nitrogen and oxygen atoms in total. The Balaban J connectivity index is 2.37. The van der Waals surface area contributed by atoms with Gasteiger partial charge in [-0.3, -0.25) is 14.4 Å². The molecule has 0 saturated heterocycles. The van der Waals surface area contributed by atoms with Crippen LogP contribution in [0.1, 0.15) is 23.7 Å². The van der Waals surface area contributed by atoms with Crippen molar-refractivity contribution in [2.45, 2.75) is 13.3 Å². The number of hydrogen-bond donors (Lipinski definition) is 2. The van der Waals surface area contributed by atoms with E-state index in [4.69, 9.17) is 0 Å². The van der Waals surface area contributed by atoms with Crippen molar-refractivity contribution >= 4 is 17.7 Å². The number of amides is 3. The van der Waals surface area contributed by atoms with E-state index in [1.54, 1.807) is 31.3 Å². The van der Waals surface area contributed by atoms with Crippen LogP contribution in [0, 0.1) is 0 Å². The highest BCUT2D eigenvalue weighted by Gasteiger charge is 2.14. The molecule has 0 bridgehead atoms. The van der Waals surface area contributed by atoms with Gasteiger partial charge in [0.1, 0.15) is 0 Å². The fourth-order valence-corrected chi connectivity index (χ4v) is 1.65. The van der Waals surface area contributed by atoms with Gasteiger partial charge in [-0.25, -0.2) is 0 Å². The summed E-state index contributed by atoms with van der Waals surface area (Å²) in [5.41, 5.74) is 0.522. The zero-order chi connectivity index (χ0) is 15.7. The van der Waals surface area contributed by atoms with Crippen molar-refractivity contribution in [3.63, 3.8) is 0 Å². The first-order valence-corrected chi connectivity index (χ1v) is 6.88. The number of carbonyl (C=O) groups is 3. The van der Waals surface area contributed by atoms with Crippen LogP contribution < -0.4 is 10.6 Å². The second-order valence-electron chi connectivity index (χ2n) is 4.65. The zero-order valence-corrected chi connectivity index (χ0v) is 12.4. The lowest BCUT2D eigenvalue weighted by Gasteiger charge is -2.16. The smallest absolute Gasteiger partial charge is 0.254 e. The lowest BCUT2D eigenvalue weighted by Crippen LogP contribution is -2.42. The molecule has 3 amide bonds. The van der Waals surface area contributed by atoms with Crippen LogP contribution in [0.25, 0.3) is 0 Å². The normalized spacial score (nSPS) is 9.81.